The van der Waals surface area contributed by atoms with Crippen molar-refractivity contribution in [3.8, 4) is 0 Å². The van der Waals surface area contributed by atoms with Gasteiger partial charge >= 0.3 is 6.03 Å². The van der Waals surface area contributed by atoms with Crippen LogP contribution in [0.2, 0.25) is 5.02 Å². The molecule has 8 heteroatoms. The van der Waals surface area contributed by atoms with Gasteiger partial charge in [0.2, 0.25) is 0 Å². The molecule has 0 bridgehead atoms. The van der Waals surface area contributed by atoms with Crippen LogP contribution in [0.3, 0.4) is 0 Å². The van der Waals surface area contributed by atoms with Gasteiger partial charge in [0, 0.05) is 18.6 Å². The molecule has 0 radical (unpaired) electrons. The highest BCUT2D eigenvalue weighted by Gasteiger charge is 2.26. The number of amides is 2. The van der Waals surface area contributed by atoms with Crippen molar-refractivity contribution in [2.24, 2.45) is 7.05 Å². The third kappa shape index (κ3) is 3.68. The molecule has 0 spiro atoms. The van der Waals surface area contributed by atoms with Crippen LogP contribution in [-0.2, 0) is 11.8 Å². The van der Waals surface area contributed by atoms with Gasteiger partial charge in [-0.3, -0.25) is 0 Å². The third-order valence-electron chi connectivity index (χ3n) is 4.07. The van der Waals surface area contributed by atoms with Gasteiger partial charge in [0.05, 0.1) is 19.2 Å². The average molecular weight is 350 g/mol. The van der Waals surface area contributed by atoms with Gasteiger partial charge in [0.1, 0.15) is 12.4 Å². The van der Waals surface area contributed by atoms with Crippen molar-refractivity contribution < 1.29 is 9.53 Å². The fourth-order valence-electron chi connectivity index (χ4n) is 2.74. The summed E-state index contributed by atoms with van der Waals surface area (Å²) < 4.78 is 7.58. The summed E-state index contributed by atoms with van der Waals surface area (Å²) in [6.45, 7) is 3.44. The normalized spacial score (nSPS) is 19.1. The Morgan fingerprint density at radius 1 is 1.42 bits per heavy atom. The van der Waals surface area contributed by atoms with Crippen molar-refractivity contribution in [1.29, 1.82) is 0 Å². The first kappa shape index (κ1) is 16.7. The molecule has 0 saturated carbocycles. The number of ether oxygens (including phenoxy) is 1. The minimum Gasteiger partial charge on any atom is -0.370 e. The Labute approximate surface area is 145 Å². The van der Waals surface area contributed by atoms with E-state index in [4.69, 9.17) is 16.3 Å². The van der Waals surface area contributed by atoms with E-state index in [9.17, 15) is 4.79 Å². The van der Waals surface area contributed by atoms with Gasteiger partial charge < -0.3 is 19.5 Å². The first-order chi connectivity index (χ1) is 11.5. The number of urea groups is 1. The number of carbonyl (C=O) groups is 1. The monoisotopic (exact) mass is 349 g/mol. The van der Waals surface area contributed by atoms with Gasteiger partial charge in [-0.1, -0.05) is 23.7 Å². The van der Waals surface area contributed by atoms with Gasteiger partial charge in [0.15, 0.2) is 5.82 Å². The Morgan fingerprint density at radius 3 is 2.83 bits per heavy atom. The van der Waals surface area contributed by atoms with E-state index in [1.165, 1.54) is 0 Å². The Bertz CT molecular complexity index is 703. The van der Waals surface area contributed by atoms with E-state index in [1.807, 2.05) is 38.2 Å². The predicted octanol–water partition coefficient (Wildman–Crippen LogP) is 2.31. The lowest BCUT2D eigenvalue weighted by Crippen LogP contribution is -2.47. The van der Waals surface area contributed by atoms with Crippen molar-refractivity contribution in [3.63, 3.8) is 0 Å². The lowest BCUT2D eigenvalue weighted by Gasteiger charge is -2.33. The molecule has 3 rings (SSSR count). The molecular formula is C16H20ClN5O2. The molecule has 1 N–H and O–H groups in total. The summed E-state index contributed by atoms with van der Waals surface area (Å²) in [6.07, 6.45) is 1.47. The smallest absolute Gasteiger partial charge is 0.318 e. The van der Waals surface area contributed by atoms with Crippen LogP contribution in [0.25, 0.3) is 0 Å². The quantitative estimate of drug-likeness (QED) is 0.923. The summed E-state index contributed by atoms with van der Waals surface area (Å²) in [5, 5.41) is 11.5. The largest absolute Gasteiger partial charge is 0.370 e. The molecule has 1 aliphatic heterocycles. The number of aromatic nitrogens is 3. The fourth-order valence-corrected chi connectivity index (χ4v) is 2.86. The van der Waals surface area contributed by atoms with Gasteiger partial charge in [-0.2, -0.15) is 0 Å². The standard InChI is InChI=1S/C16H20ClN5O2/c1-11(15-20-18-10-21(15)2)19-16(23)22-7-8-24-14(9-22)12-3-5-13(17)6-4-12/h3-6,10-11,14H,7-9H2,1-2H3,(H,19,23)/t11-,14-/m0/s1. The summed E-state index contributed by atoms with van der Waals surface area (Å²) >= 11 is 5.92. The average Bonchev–Trinajstić information content (AvgIpc) is 3.02. The number of hydrogen-bond acceptors (Lipinski definition) is 4. The third-order valence-corrected chi connectivity index (χ3v) is 4.32. The Hall–Kier alpha value is -2.12. The van der Waals surface area contributed by atoms with E-state index in [2.05, 4.69) is 15.5 Å². The minimum atomic E-state index is -0.221. The van der Waals surface area contributed by atoms with Crippen LogP contribution >= 0.6 is 11.6 Å². The number of hydrogen-bond donors (Lipinski definition) is 1. The van der Waals surface area contributed by atoms with Crippen LogP contribution < -0.4 is 5.32 Å². The number of carbonyl (C=O) groups excluding carboxylic acids is 1. The summed E-state index contributed by atoms with van der Waals surface area (Å²) in [5.74, 6) is 0.714. The molecule has 1 aliphatic rings. The van der Waals surface area contributed by atoms with Gasteiger partial charge in [-0.05, 0) is 24.6 Å². The molecule has 0 aliphatic carbocycles. The van der Waals surface area contributed by atoms with Crippen LogP contribution in [0, 0.1) is 0 Å². The summed E-state index contributed by atoms with van der Waals surface area (Å²) in [4.78, 5) is 14.3. The second kappa shape index (κ2) is 7.19. The number of nitrogens with zero attached hydrogens (tertiary/aromatic N) is 4. The van der Waals surface area contributed by atoms with E-state index in [0.717, 1.165) is 5.56 Å². The summed E-state index contributed by atoms with van der Waals surface area (Å²) in [6, 6.07) is 7.16. The number of benzene rings is 1. The topological polar surface area (TPSA) is 72.3 Å². The second-order valence-corrected chi connectivity index (χ2v) is 6.26. The van der Waals surface area contributed by atoms with Crippen molar-refractivity contribution in [3.05, 3.63) is 47.0 Å². The number of nitrogens with one attached hydrogen (secondary N) is 1. The van der Waals surface area contributed by atoms with E-state index in [-0.39, 0.29) is 18.2 Å². The maximum absolute atomic E-state index is 12.5. The number of aryl methyl sites for hydroxylation is 1. The first-order valence-corrected chi connectivity index (χ1v) is 8.19. The Morgan fingerprint density at radius 2 is 2.17 bits per heavy atom. The lowest BCUT2D eigenvalue weighted by molar-refractivity contribution is -0.0157. The van der Waals surface area contributed by atoms with Crippen molar-refractivity contribution in [1.82, 2.24) is 25.0 Å². The molecule has 1 aromatic carbocycles. The van der Waals surface area contributed by atoms with Gasteiger partial charge in [-0.15, -0.1) is 10.2 Å². The zero-order chi connectivity index (χ0) is 17.1. The van der Waals surface area contributed by atoms with Crippen molar-refractivity contribution >= 4 is 17.6 Å². The molecule has 1 fully saturated rings. The fraction of sp³-hybridized carbons (Fsp3) is 0.438. The SMILES string of the molecule is C[C@H](NC(=O)N1CCO[C@H](c2ccc(Cl)cc2)C1)c1nncn1C. The molecule has 24 heavy (non-hydrogen) atoms. The Kier molecular flexibility index (Phi) is 5.01. The molecule has 2 amide bonds. The molecule has 1 aromatic heterocycles. The van der Waals surface area contributed by atoms with Gasteiger partial charge in [-0.25, -0.2) is 4.79 Å². The van der Waals surface area contributed by atoms with Crippen LogP contribution in [0.4, 0.5) is 4.79 Å². The zero-order valence-corrected chi connectivity index (χ0v) is 14.4. The number of morpholine rings is 1. The molecule has 128 valence electrons. The van der Waals surface area contributed by atoms with Gasteiger partial charge in [0.25, 0.3) is 0 Å². The van der Waals surface area contributed by atoms with Crippen LogP contribution in [-0.4, -0.2) is 45.4 Å². The van der Waals surface area contributed by atoms with Crippen LogP contribution in [0.15, 0.2) is 30.6 Å². The maximum Gasteiger partial charge on any atom is 0.318 e. The van der Waals surface area contributed by atoms with Crippen molar-refractivity contribution in [2.75, 3.05) is 19.7 Å². The number of rotatable bonds is 3. The molecule has 2 atom stereocenters. The zero-order valence-electron chi connectivity index (χ0n) is 13.6. The van der Waals surface area contributed by atoms with Crippen LogP contribution in [0.1, 0.15) is 30.5 Å². The molecule has 2 heterocycles. The predicted molar refractivity (Wildman–Crippen MR) is 89.7 cm³/mol. The molecule has 7 nitrogen and oxygen atoms in total. The second-order valence-electron chi connectivity index (χ2n) is 5.83. The highest BCUT2D eigenvalue weighted by molar-refractivity contribution is 6.30. The molecule has 1 saturated heterocycles. The van der Waals surface area contributed by atoms with E-state index in [0.29, 0.717) is 30.5 Å². The highest BCUT2D eigenvalue weighted by atomic mass is 35.5. The first-order valence-electron chi connectivity index (χ1n) is 7.81. The lowest BCUT2D eigenvalue weighted by atomic mass is 10.1. The number of halogens is 1. The van der Waals surface area contributed by atoms with E-state index < -0.39 is 0 Å². The molecular weight excluding hydrogens is 330 g/mol. The van der Waals surface area contributed by atoms with E-state index in [1.54, 1.807) is 15.8 Å². The molecule has 0 unspecified atom stereocenters. The highest BCUT2D eigenvalue weighted by Crippen LogP contribution is 2.24. The van der Waals surface area contributed by atoms with E-state index >= 15 is 0 Å². The Balaban J connectivity index is 1.62. The van der Waals surface area contributed by atoms with Crippen molar-refractivity contribution in [2.45, 2.75) is 19.1 Å². The summed E-state index contributed by atoms with van der Waals surface area (Å²) in [5.41, 5.74) is 1.01. The minimum absolute atomic E-state index is 0.132. The summed E-state index contributed by atoms with van der Waals surface area (Å²) in [7, 11) is 1.85. The van der Waals surface area contributed by atoms with Crippen LogP contribution in [0.5, 0.6) is 0 Å². The maximum atomic E-state index is 12.5. The molecule has 2 aromatic rings.